The summed E-state index contributed by atoms with van der Waals surface area (Å²) in [5.41, 5.74) is 5.45. The van der Waals surface area contributed by atoms with Crippen molar-refractivity contribution in [1.82, 2.24) is 10.1 Å². The van der Waals surface area contributed by atoms with Gasteiger partial charge in [0.25, 0.3) is 5.89 Å². The van der Waals surface area contributed by atoms with Crippen LogP contribution in [0.25, 0.3) is 11.5 Å². The van der Waals surface area contributed by atoms with Gasteiger partial charge in [0, 0.05) is 12.2 Å². The van der Waals surface area contributed by atoms with E-state index in [1.54, 1.807) is 0 Å². The maximum absolute atomic E-state index is 12.5. The summed E-state index contributed by atoms with van der Waals surface area (Å²) in [5.74, 6) is 0.365. The van der Waals surface area contributed by atoms with Crippen LogP contribution in [0.4, 0.5) is 13.2 Å². The van der Waals surface area contributed by atoms with Crippen molar-refractivity contribution in [3.8, 4) is 11.5 Å². The molecular formula is C13H14F3N3O2. The Balaban J connectivity index is 2.14. The molecule has 1 atom stereocenters. The van der Waals surface area contributed by atoms with Gasteiger partial charge < -0.3 is 15.0 Å². The molecule has 0 spiro atoms. The summed E-state index contributed by atoms with van der Waals surface area (Å²) in [6.45, 7) is 2.58. The average molecular weight is 301 g/mol. The van der Waals surface area contributed by atoms with E-state index in [1.807, 2.05) is 6.92 Å². The summed E-state index contributed by atoms with van der Waals surface area (Å²) in [6.07, 6.45) is -4.38. The second-order valence-electron chi connectivity index (χ2n) is 4.30. The van der Waals surface area contributed by atoms with Crippen molar-refractivity contribution in [3.05, 3.63) is 35.7 Å². The first-order chi connectivity index (χ1) is 9.91. The molecule has 114 valence electrons. The molecule has 1 unspecified atom stereocenters. The maximum Gasteiger partial charge on any atom is 0.416 e. The highest BCUT2D eigenvalue weighted by Crippen LogP contribution is 2.30. The Hall–Kier alpha value is -1.93. The first-order valence-corrected chi connectivity index (χ1v) is 6.26. The third-order valence-electron chi connectivity index (χ3n) is 2.73. The van der Waals surface area contributed by atoms with Crippen LogP contribution in [0.15, 0.2) is 28.8 Å². The minimum Gasteiger partial charge on any atom is -0.380 e. The summed E-state index contributed by atoms with van der Waals surface area (Å²) in [6, 6.07) is 3.91. The molecule has 0 bridgehead atoms. The number of alkyl halides is 3. The number of hydrogen-bond acceptors (Lipinski definition) is 5. The van der Waals surface area contributed by atoms with Crippen molar-refractivity contribution in [2.45, 2.75) is 19.1 Å². The highest BCUT2D eigenvalue weighted by Gasteiger charge is 2.30. The molecule has 21 heavy (non-hydrogen) atoms. The summed E-state index contributed by atoms with van der Waals surface area (Å²) in [4.78, 5) is 4.06. The van der Waals surface area contributed by atoms with Gasteiger partial charge in [-0.05, 0) is 31.2 Å². The van der Waals surface area contributed by atoms with Crippen molar-refractivity contribution in [2.75, 3.05) is 13.2 Å². The van der Waals surface area contributed by atoms with E-state index in [1.165, 1.54) is 12.1 Å². The molecule has 0 fully saturated rings. The number of rotatable bonds is 5. The van der Waals surface area contributed by atoms with Crippen LogP contribution in [-0.4, -0.2) is 23.4 Å². The highest BCUT2D eigenvalue weighted by molar-refractivity contribution is 5.53. The Morgan fingerprint density at radius 3 is 2.52 bits per heavy atom. The Labute approximate surface area is 118 Å². The zero-order chi connectivity index (χ0) is 15.5. The van der Waals surface area contributed by atoms with E-state index in [0.29, 0.717) is 12.2 Å². The third kappa shape index (κ3) is 3.79. The fourth-order valence-electron chi connectivity index (χ4n) is 1.62. The molecule has 1 aromatic carbocycles. The van der Waals surface area contributed by atoms with Gasteiger partial charge in [0.1, 0.15) is 0 Å². The number of nitrogens with two attached hydrogens (primary N) is 1. The molecule has 8 heteroatoms. The number of ether oxygens (including phenoxy) is 1. The Morgan fingerprint density at radius 2 is 1.95 bits per heavy atom. The van der Waals surface area contributed by atoms with Crippen LogP contribution < -0.4 is 5.73 Å². The quantitative estimate of drug-likeness (QED) is 0.919. The number of halogens is 3. The highest BCUT2D eigenvalue weighted by atomic mass is 19.4. The van der Waals surface area contributed by atoms with Gasteiger partial charge in [-0.1, -0.05) is 5.16 Å². The van der Waals surface area contributed by atoms with E-state index in [9.17, 15) is 13.2 Å². The van der Waals surface area contributed by atoms with Gasteiger partial charge in [0.05, 0.1) is 18.2 Å². The smallest absolute Gasteiger partial charge is 0.380 e. The summed E-state index contributed by atoms with van der Waals surface area (Å²) in [5, 5.41) is 3.70. The molecule has 5 nitrogen and oxygen atoms in total. The van der Waals surface area contributed by atoms with Gasteiger partial charge in [0.2, 0.25) is 0 Å². The second kappa shape index (κ2) is 6.23. The lowest BCUT2D eigenvalue weighted by Gasteiger charge is -2.06. The Kier molecular flexibility index (Phi) is 4.59. The van der Waals surface area contributed by atoms with Crippen molar-refractivity contribution < 1.29 is 22.4 Å². The molecule has 0 amide bonds. The lowest BCUT2D eigenvalue weighted by molar-refractivity contribution is -0.137. The van der Waals surface area contributed by atoms with Crippen LogP contribution in [-0.2, 0) is 10.9 Å². The standard InChI is InChI=1S/C13H14F3N3O2/c1-2-20-7-10(17)11-18-12(21-19-11)8-3-5-9(6-4-8)13(14,15)16/h3-6,10H,2,7,17H2,1H3. The van der Waals surface area contributed by atoms with E-state index in [-0.39, 0.29) is 18.3 Å². The van der Waals surface area contributed by atoms with Crippen molar-refractivity contribution in [1.29, 1.82) is 0 Å². The molecule has 0 aliphatic rings. The molecule has 2 N–H and O–H groups in total. The van der Waals surface area contributed by atoms with E-state index < -0.39 is 17.8 Å². The zero-order valence-electron chi connectivity index (χ0n) is 11.2. The van der Waals surface area contributed by atoms with E-state index in [0.717, 1.165) is 12.1 Å². The molecule has 0 aliphatic carbocycles. The van der Waals surface area contributed by atoms with Crippen molar-refractivity contribution in [3.63, 3.8) is 0 Å². The van der Waals surface area contributed by atoms with Crippen molar-refractivity contribution >= 4 is 0 Å². The van der Waals surface area contributed by atoms with Gasteiger partial charge in [-0.25, -0.2) is 0 Å². The molecule has 0 aliphatic heterocycles. The topological polar surface area (TPSA) is 74.2 Å². The van der Waals surface area contributed by atoms with Crippen LogP contribution in [0.1, 0.15) is 24.4 Å². The Bertz CT molecular complexity index is 581. The SMILES string of the molecule is CCOCC(N)c1noc(-c2ccc(C(F)(F)F)cc2)n1. The fourth-order valence-corrected chi connectivity index (χ4v) is 1.62. The molecule has 1 aromatic heterocycles. The first-order valence-electron chi connectivity index (χ1n) is 6.26. The molecular weight excluding hydrogens is 287 g/mol. The largest absolute Gasteiger partial charge is 0.416 e. The van der Waals surface area contributed by atoms with Gasteiger partial charge in [-0.3, -0.25) is 0 Å². The Morgan fingerprint density at radius 1 is 1.29 bits per heavy atom. The average Bonchev–Trinajstić information content (AvgIpc) is 2.94. The van der Waals surface area contributed by atoms with Crippen LogP contribution in [0.5, 0.6) is 0 Å². The normalized spacial score (nSPS) is 13.4. The molecule has 2 aromatic rings. The minimum atomic E-state index is -4.38. The summed E-state index contributed by atoms with van der Waals surface area (Å²) < 4.78 is 47.6. The zero-order valence-corrected chi connectivity index (χ0v) is 11.2. The summed E-state index contributed by atoms with van der Waals surface area (Å²) in [7, 11) is 0. The first kappa shape index (κ1) is 15.5. The maximum atomic E-state index is 12.5. The molecule has 0 saturated carbocycles. The van der Waals surface area contributed by atoms with Crippen LogP contribution >= 0.6 is 0 Å². The number of hydrogen-bond donors (Lipinski definition) is 1. The summed E-state index contributed by atoms with van der Waals surface area (Å²) >= 11 is 0. The van der Waals surface area contributed by atoms with Gasteiger partial charge in [-0.15, -0.1) is 0 Å². The van der Waals surface area contributed by atoms with E-state index in [2.05, 4.69) is 10.1 Å². The van der Waals surface area contributed by atoms with E-state index >= 15 is 0 Å². The molecule has 2 rings (SSSR count). The van der Waals surface area contributed by atoms with Crippen LogP contribution in [0, 0.1) is 0 Å². The fraction of sp³-hybridized carbons (Fsp3) is 0.385. The van der Waals surface area contributed by atoms with Crippen LogP contribution in [0.3, 0.4) is 0 Å². The number of aromatic nitrogens is 2. The monoisotopic (exact) mass is 301 g/mol. The van der Waals surface area contributed by atoms with E-state index in [4.69, 9.17) is 15.0 Å². The second-order valence-corrected chi connectivity index (χ2v) is 4.30. The lowest BCUT2D eigenvalue weighted by Crippen LogP contribution is -2.18. The molecule has 0 saturated heterocycles. The van der Waals surface area contributed by atoms with Gasteiger partial charge in [0.15, 0.2) is 5.82 Å². The van der Waals surface area contributed by atoms with Gasteiger partial charge >= 0.3 is 6.18 Å². The predicted molar refractivity (Wildman–Crippen MR) is 68.2 cm³/mol. The van der Waals surface area contributed by atoms with Crippen molar-refractivity contribution in [2.24, 2.45) is 5.73 Å². The molecule has 1 heterocycles. The number of nitrogens with zero attached hydrogens (tertiary/aromatic N) is 2. The minimum absolute atomic E-state index is 0.116. The van der Waals surface area contributed by atoms with Gasteiger partial charge in [-0.2, -0.15) is 18.2 Å². The lowest BCUT2D eigenvalue weighted by atomic mass is 10.1. The predicted octanol–water partition coefficient (Wildman–Crippen LogP) is 2.79. The number of benzene rings is 1. The third-order valence-corrected chi connectivity index (χ3v) is 2.73. The van der Waals surface area contributed by atoms with Crippen LogP contribution in [0.2, 0.25) is 0 Å². The molecule has 0 radical (unpaired) electrons.